The van der Waals surface area contributed by atoms with E-state index in [2.05, 4.69) is 31.3 Å². The number of nitrogens with zero attached hydrogens (tertiary/aromatic N) is 7. The number of fused-ring (bicyclic) bond motifs is 2. The molecule has 0 saturated heterocycles. The van der Waals surface area contributed by atoms with Crippen LogP contribution in [0.15, 0.2) is 77.6 Å². The van der Waals surface area contributed by atoms with Gasteiger partial charge in [-0.3, -0.25) is 9.13 Å². The summed E-state index contributed by atoms with van der Waals surface area (Å²) in [5, 5.41) is 23.4. The van der Waals surface area contributed by atoms with Gasteiger partial charge in [-0.05, 0) is 47.9 Å². The number of aromatic amines is 1. The van der Waals surface area contributed by atoms with E-state index in [9.17, 15) is 9.90 Å². The Bertz CT molecular complexity index is 1710. The first-order valence-corrected chi connectivity index (χ1v) is 12.3. The van der Waals surface area contributed by atoms with Crippen LogP contribution in [-0.4, -0.2) is 51.0 Å². The van der Waals surface area contributed by atoms with Crippen LogP contribution in [-0.2, 0) is 19.6 Å². The van der Waals surface area contributed by atoms with Crippen LogP contribution >= 0.6 is 0 Å². The van der Waals surface area contributed by atoms with Gasteiger partial charge in [0.25, 0.3) is 0 Å². The lowest BCUT2D eigenvalue weighted by molar-refractivity contribution is 0.281. The number of aliphatic hydroxyl groups is 1. The molecule has 0 fully saturated rings. The van der Waals surface area contributed by atoms with Crippen molar-refractivity contribution in [1.82, 2.24) is 39.3 Å². The number of unbranched alkanes of at least 4 members (excludes halogenated alkanes) is 1. The first-order valence-electron chi connectivity index (χ1n) is 12.3. The number of rotatable bonds is 9. The minimum absolute atomic E-state index is 0.0857. The zero-order valence-corrected chi connectivity index (χ0v) is 20.2. The van der Waals surface area contributed by atoms with Gasteiger partial charge in [0.05, 0.1) is 35.2 Å². The summed E-state index contributed by atoms with van der Waals surface area (Å²) in [6.07, 6.45) is 1.55. The molecule has 0 aliphatic rings. The van der Waals surface area contributed by atoms with Gasteiger partial charge in [-0.1, -0.05) is 48.5 Å². The molecule has 10 nitrogen and oxygen atoms in total. The van der Waals surface area contributed by atoms with Crippen molar-refractivity contribution in [3.63, 3.8) is 0 Å². The molecule has 0 unspecified atom stereocenters. The van der Waals surface area contributed by atoms with E-state index in [0.717, 1.165) is 58.4 Å². The van der Waals surface area contributed by atoms with Crippen LogP contribution in [0, 0.1) is 0 Å². The Hall–Kier alpha value is -4.57. The summed E-state index contributed by atoms with van der Waals surface area (Å²) < 4.78 is 5.77. The first-order chi connectivity index (χ1) is 18.2. The van der Waals surface area contributed by atoms with Gasteiger partial charge in [0, 0.05) is 18.7 Å². The lowest BCUT2D eigenvalue weighted by Crippen LogP contribution is -2.26. The predicted molar refractivity (Wildman–Crippen MR) is 140 cm³/mol. The SMILES string of the molecule is O=c1n(Cc2ccc(-c3nn[nH]n3)cc2)c2ccccc2n1Cc1nc2ccccc2n1CCCCO. The number of aromatic nitrogens is 8. The maximum atomic E-state index is 13.8. The van der Waals surface area contributed by atoms with E-state index in [-0.39, 0.29) is 12.3 Å². The molecule has 0 atom stereocenters. The van der Waals surface area contributed by atoms with Crippen molar-refractivity contribution in [2.24, 2.45) is 0 Å². The van der Waals surface area contributed by atoms with Crippen LogP contribution in [0.5, 0.6) is 0 Å². The average Bonchev–Trinajstić information content (AvgIpc) is 3.65. The van der Waals surface area contributed by atoms with Crippen molar-refractivity contribution in [2.75, 3.05) is 6.61 Å². The third kappa shape index (κ3) is 4.31. The number of aryl methyl sites for hydroxylation is 1. The molecule has 6 aromatic rings. The largest absolute Gasteiger partial charge is 0.396 e. The smallest absolute Gasteiger partial charge is 0.329 e. The number of hydrogen-bond acceptors (Lipinski definition) is 6. The highest BCUT2D eigenvalue weighted by atomic mass is 16.3. The number of imidazole rings is 2. The average molecular weight is 495 g/mol. The highest BCUT2D eigenvalue weighted by Crippen LogP contribution is 2.21. The summed E-state index contributed by atoms with van der Waals surface area (Å²) in [5.74, 6) is 1.36. The zero-order chi connectivity index (χ0) is 25.2. The molecular weight excluding hydrogens is 468 g/mol. The molecule has 2 N–H and O–H groups in total. The molecule has 0 spiro atoms. The van der Waals surface area contributed by atoms with E-state index in [1.54, 1.807) is 9.13 Å². The lowest BCUT2D eigenvalue weighted by atomic mass is 10.1. The molecule has 37 heavy (non-hydrogen) atoms. The van der Waals surface area contributed by atoms with E-state index in [4.69, 9.17) is 4.98 Å². The normalized spacial score (nSPS) is 11.6. The van der Waals surface area contributed by atoms with Gasteiger partial charge in [-0.2, -0.15) is 5.21 Å². The number of tetrazole rings is 1. The van der Waals surface area contributed by atoms with Crippen molar-refractivity contribution in [1.29, 1.82) is 0 Å². The summed E-state index contributed by atoms with van der Waals surface area (Å²) in [6, 6.07) is 23.7. The molecule has 186 valence electrons. The second-order valence-corrected chi connectivity index (χ2v) is 8.98. The van der Waals surface area contributed by atoms with Crippen molar-refractivity contribution in [3.8, 4) is 11.4 Å². The number of hydrogen-bond donors (Lipinski definition) is 2. The fraction of sp³-hybridized carbons (Fsp3) is 0.222. The van der Waals surface area contributed by atoms with Gasteiger partial charge in [-0.25, -0.2) is 9.78 Å². The van der Waals surface area contributed by atoms with Gasteiger partial charge in [0.1, 0.15) is 5.82 Å². The van der Waals surface area contributed by atoms with E-state index >= 15 is 0 Å². The standard InChI is InChI=1S/C27H26N8O2/c36-16-6-5-15-33-22-8-2-1-7-21(22)28-25(33)18-35-24-10-4-3-9-23(24)34(27(35)37)17-19-11-13-20(14-12-19)26-29-31-32-30-26/h1-4,7-14,36H,5-6,15-18H2,(H,29,30,31,32). The number of H-pyrrole nitrogens is 1. The molecule has 0 aliphatic carbocycles. The number of nitrogens with one attached hydrogen (secondary N) is 1. The molecule has 6 rings (SSSR count). The highest BCUT2D eigenvalue weighted by molar-refractivity contribution is 5.77. The van der Waals surface area contributed by atoms with Crippen LogP contribution in [0.1, 0.15) is 24.2 Å². The van der Waals surface area contributed by atoms with E-state index < -0.39 is 0 Å². The molecular formula is C27H26N8O2. The van der Waals surface area contributed by atoms with Crippen LogP contribution in [0.25, 0.3) is 33.5 Å². The monoisotopic (exact) mass is 494 g/mol. The third-order valence-electron chi connectivity index (χ3n) is 6.65. The minimum atomic E-state index is -0.0857. The molecule has 0 aliphatic heterocycles. The van der Waals surface area contributed by atoms with Gasteiger partial charge in [0.15, 0.2) is 0 Å². The zero-order valence-electron chi connectivity index (χ0n) is 20.2. The summed E-state index contributed by atoms with van der Waals surface area (Å²) in [5.41, 5.74) is 5.44. The topological polar surface area (TPSA) is 119 Å². The Morgan fingerprint density at radius 3 is 2.19 bits per heavy atom. The Morgan fingerprint density at radius 1 is 0.784 bits per heavy atom. The van der Waals surface area contributed by atoms with Crippen LogP contribution in [0.4, 0.5) is 0 Å². The molecule has 10 heteroatoms. The lowest BCUT2D eigenvalue weighted by Gasteiger charge is -2.10. The number of benzene rings is 3. The quantitative estimate of drug-likeness (QED) is 0.298. The summed E-state index contributed by atoms with van der Waals surface area (Å²) in [6.45, 7) is 1.68. The Morgan fingerprint density at radius 2 is 1.49 bits per heavy atom. The number of aliphatic hydroxyl groups excluding tert-OH is 1. The van der Waals surface area contributed by atoms with Crippen molar-refractivity contribution in [3.05, 3.63) is 94.7 Å². The van der Waals surface area contributed by atoms with Crippen LogP contribution in [0.3, 0.4) is 0 Å². The van der Waals surface area contributed by atoms with E-state index in [0.29, 0.717) is 18.9 Å². The van der Waals surface area contributed by atoms with Crippen molar-refractivity contribution >= 4 is 22.1 Å². The maximum Gasteiger partial charge on any atom is 0.329 e. The molecule has 0 bridgehead atoms. The van der Waals surface area contributed by atoms with Crippen LogP contribution < -0.4 is 5.69 Å². The molecule has 3 heterocycles. The van der Waals surface area contributed by atoms with E-state index in [1.807, 2.05) is 66.7 Å². The third-order valence-corrected chi connectivity index (χ3v) is 6.65. The van der Waals surface area contributed by atoms with Gasteiger partial charge in [-0.15, -0.1) is 10.2 Å². The second kappa shape index (κ2) is 9.82. The molecule has 0 radical (unpaired) electrons. The molecule has 0 amide bonds. The fourth-order valence-corrected chi connectivity index (χ4v) is 4.82. The van der Waals surface area contributed by atoms with E-state index in [1.165, 1.54) is 0 Å². The van der Waals surface area contributed by atoms with Crippen LogP contribution in [0.2, 0.25) is 0 Å². The molecule has 0 saturated carbocycles. The van der Waals surface area contributed by atoms with Crippen molar-refractivity contribution < 1.29 is 5.11 Å². The summed E-state index contributed by atoms with van der Waals surface area (Å²) in [4.78, 5) is 18.6. The maximum absolute atomic E-state index is 13.8. The second-order valence-electron chi connectivity index (χ2n) is 8.98. The highest BCUT2D eigenvalue weighted by Gasteiger charge is 2.17. The van der Waals surface area contributed by atoms with Gasteiger partial charge in [0.2, 0.25) is 5.82 Å². The fourth-order valence-electron chi connectivity index (χ4n) is 4.82. The first kappa shape index (κ1) is 22.9. The predicted octanol–water partition coefficient (Wildman–Crippen LogP) is 3.20. The minimum Gasteiger partial charge on any atom is -0.396 e. The van der Waals surface area contributed by atoms with Gasteiger partial charge >= 0.3 is 5.69 Å². The Kier molecular flexibility index (Phi) is 6.07. The Labute approximate surface area is 211 Å². The molecule has 3 aromatic heterocycles. The summed E-state index contributed by atoms with van der Waals surface area (Å²) >= 11 is 0. The Balaban J connectivity index is 1.37. The van der Waals surface area contributed by atoms with Gasteiger partial charge < -0.3 is 9.67 Å². The molecule has 3 aromatic carbocycles. The summed E-state index contributed by atoms with van der Waals surface area (Å²) in [7, 11) is 0. The van der Waals surface area contributed by atoms with Crippen molar-refractivity contribution in [2.45, 2.75) is 32.5 Å². The number of para-hydroxylation sites is 4.